The molecule has 9 nitrogen and oxygen atoms in total. The Morgan fingerprint density at radius 1 is 1.35 bits per heavy atom. The van der Waals surface area contributed by atoms with E-state index in [4.69, 9.17) is 19.5 Å². The highest BCUT2D eigenvalue weighted by Gasteiger charge is 2.08. The topological polar surface area (TPSA) is 124 Å². The molecule has 1 amide bonds. The van der Waals surface area contributed by atoms with Gasteiger partial charge in [0.05, 0.1) is 7.11 Å². The molecule has 0 aliphatic heterocycles. The van der Waals surface area contributed by atoms with Crippen molar-refractivity contribution >= 4 is 23.8 Å². The molecule has 26 heavy (non-hydrogen) atoms. The molecule has 134 valence electrons. The first-order valence-electron chi connectivity index (χ1n) is 7.35. The summed E-state index contributed by atoms with van der Waals surface area (Å²) in [5.41, 5.74) is 0.648. The molecule has 0 aliphatic carbocycles. The van der Waals surface area contributed by atoms with Crippen molar-refractivity contribution in [2.75, 3.05) is 25.6 Å². The van der Waals surface area contributed by atoms with Gasteiger partial charge in [-0.25, -0.2) is 4.79 Å². The van der Waals surface area contributed by atoms with E-state index in [1.165, 1.54) is 31.6 Å². The Balaban J connectivity index is 1.87. The predicted molar refractivity (Wildman–Crippen MR) is 89.2 cm³/mol. The molecular formula is C17H15N3O6. The van der Waals surface area contributed by atoms with Gasteiger partial charge in [-0.05, 0) is 23.8 Å². The standard InChI is InChI=1S/C17H15N3O6/c1-23-14-10-12(2-4-13(14)24-9-7-18)3-5-17(22)25-11-16(21)19-15-6-8-26-20-15/h2-6,8,10H,9,11H2,1H3,(H,19,20,21)/b5-3+. The summed E-state index contributed by atoms with van der Waals surface area (Å²) in [5, 5.41) is 14.4. The van der Waals surface area contributed by atoms with Gasteiger partial charge in [0, 0.05) is 12.1 Å². The zero-order chi connectivity index (χ0) is 18.8. The number of nitrogens with zero attached hydrogens (tertiary/aromatic N) is 2. The minimum atomic E-state index is -0.691. The van der Waals surface area contributed by atoms with Crippen LogP contribution in [0, 0.1) is 11.3 Å². The minimum absolute atomic E-state index is 0.103. The van der Waals surface area contributed by atoms with E-state index in [9.17, 15) is 9.59 Å². The molecule has 9 heteroatoms. The molecule has 1 aromatic carbocycles. The molecule has 1 N–H and O–H groups in total. The smallest absolute Gasteiger partial charge is 0.331 e. The molecule has 0 unspecified atom stereocenters. The van der Waals surface area contributed by atoms with Gasteiger partial charge >= 0.3 is 5.97 Å². The number of ether oxygens (including phenoxy) is 3. The Hall–Kier alpha value is -3.80. The number of hydrogen-bond acceptors (Lipinski definition) is 8. The molecule has 2 rings (SSSR count). The van der Waals surface area contributed by atoms with Gasteiger partial charge in [-0.15, -0.1) is 0 Å². The SMILES string of the molecule is COc1cc(/C=C/C(=O)OCC(=O)Nc2ccon2)ccc1OCC#N. The molecule has 1 aromatic heterocycles. The van der Waals surface area contributed by atoms with Gasteiger partial charge in [0.15, 0.2) is 30.5 Å². The lowest BCUT2D eigenvalue weighted by molar-refractivity contribution is -0.142. The number of methoxy groups -OCH3 is 1. The summed E-state index contributed by atoms with van der Waals surface area (Å²) < 4.78 is 19.8. The van der Waals surface area contributed by atoms with Crippen LogP contribution in [0.25, 0.3) is 6.08 Å². The van der Waals surface area contributed by atoms with Crippen LogP contribution in [0.1, 0.15) is 5.56 Å². The molecule has 0 radical (unpaired) electrons. The number of carbonyl (C=O) groups is 2. The van der Waals surface area contributed by atoms with Crippen LogP contribution in [0.2, 0.25) is 0 Å². The lowest BCUT2D eigenvalue weighted by atomic mass is 10.2. The van der Waals surface area contributed by atoms with Crippen LogP contribution in [0.4, 0.5) is 5.82 Å². The van der Waals surface area contributed by atoms with Crippen LogP contribution < -0.4 is 14.8 Å². The molecule has 0 atom stereocenters. The highest BCUT2D eigenvalue weighted by molar-refractivity contribution is 5.94. The molecule has 0 saturated carbocycles. The number of aromatic nitrogens is 1. The van der Waals surface area contributed by atoms with Crippen molar-refractivity contribution < 1.29 is 28.3 Å². The average molecular weight is 357 g/mol. The number of carbonyl (C=O) groups excluding carboxylic acids is 2. The van der Waals surface area contributed by atoms with E-state index < -0.39 is 18.5 Å². The summed E-state index contributed by atoms with van der Waals surface area (Å²) in [7, 11) is 1.46. The van der Waals surface area contributed by atoms with Gasteiger partial charge < -0.3 is 24.1 Å². The summed E-state index contributed by atoms with van der Waals surface area (Å²) in [6.07, 6.45) is 3.97. The summed E-state index contributed by atoms with van der Waals surface area (Å²) in [6, 6.07) is 8.25. The van der Waals surface area contributed by atoms with E-state index in [2.05, 4.69) is 15.0 Å². The summed E-state index contributed by atoms with van der Waals surface area (Å²) in [6.45, 7) is -0.561. The van der Waals surface area contributed by atoms with Gasteiger partial charge in [0.1, 0.15) is 12.3 Å². The molecule has 1 heterocycles. The van der Waals surface area contributed by atoms with Crippen molar-refractivity contribution in [3.8, 4) is 17.6 Å². The van der Waals surface area contributed by atoms with Crippen molar-refractivity contribution in [1.82, 2.24) is 5.16 Å². The van der Waals surface area contributed by atoms with Crippen molar-refractivity contribution in [1.29, 1.82) is 5.26 Å². The quantitative estimate of drug-likeness (QED) is 0.560. The highest BCUT2D eigenvalue weighted by atomic mass is 16.5. The van der Waals surface area contributed by atoms with Crippen LogP contribution in [-0.4, -0.2) is 37.4 Å². The Kier molecular flexibility index (Phi) is 6.76. The average Bonchev–Trinajstić information content (AvgIpc) is 3.16. The predicted octanol–water partition coefficient (Wildman–Crippen LogP) is 1.78. The van der Waals surface area contributed by atoms with E-state index in [0.29, 0.717) is 17.1 Å². The first-order valence-corrected chi connectivity index (χ1v) is 7.35. The molecule has 0 spiro atoms. The molecular weight excluding hydrogens is 342 g/mol. The van der Waals surface area contributed by atoms with Crippen molar-refractivity contribution in [2.24, 2.45) is 0 Å². The van der Waals surface area contributed by atoms with Crippen molar-refractivity contribution in [3.63, 3.8) is 0 Å². The van der Waals surface area contributed by atoms with E-state index >= 15 is 0 Å². The number of nitriles is 1. The zero-order valence-electron chi connectivity index (χ0n) is 13.8. The first kappa shape index (κ1) is 18.5. The first-order chi connectivity index (χ1) is 12.6. The molecule has 0 bridgehead atoms. The van der Waals surface area contributed by atoms with E-state index in [-0.39, 0.29) is 12.4 Å². The second-order valence-electron chi connectivity index (χ2n) is 4.73. The second-order valence-corrected chi connectivity index (χ2v) is 4.73. The molecule has 0 saturated heterocycles. The van der Waals surface area contributed by atoms with Crippen LogP contribution >= 0.6 is 0 Å². The number of esters is 1. The maximum atomic E-state index is 11.7. The van der Waals surface area contributed by atoms with E-state index in [1.54, 1.807) is 18.2 Å². The monoisotopic (exact) mass is 357 g/mol. The van der Waals surface area contributed by atoms with Crippen molar-refractivity contribution in [2.45, 2.75) is 0 Å². The van der Waals surface area contributed by atoms with Crippen LogP contribution in [-0.2, 0) is 14.3 Å². The Labute approximate surface area is 148 Å². The maximum Gasteiger partial charge on any atom is 0.331 e. The molecule has 0 fully saturated rings. The fourth-order valence-electron chi connectivity index (χ4n) is 1.82. The van der Waals surface area contributed by atoms with Gasteiger partial charge in [-0.1, -0.05) is 11.2 Å². The number of nitrogens with one attached hydrogen (secondary N) is 1. The normalized spacial score (nSPS) is 10.2. The Morgan fingerprint density at radius 3 is 2.88 bits per heavy atom. The molecule has 0 aliphatic rings. The second kappa shape index (κ2) is 9.48. The van der Waals surface area contributed by atoms with Gasteiger partial charge in [0.25, 0.3) is 5.91 Å². The van der Waals surface area contributed by atoms with Crippen LogP contribution in [0.5, 0.6) is 11.5 Å². The third-order valence-electron chi connectivity index (χ3n) is 2.94. The van der Waals surface area contributed by atoms with E-state index in [0.717, 1.165) is 0 Å². The fraction of sp³-hybridized carbons (Fsp3) is 0.176. The minimum Gasteiger partial charge on any atom is -0.493 e. The maximum absolute atomic E-state index is 11.7. The largest absolute Gasteiger partial charge is 0.493 e. The summed E-state index contributed by atoms with van der Waals surface area (Å²) in [5.74, 6) is -0.168. The lowest BCUT2D eigenvalue weighted by Crippen LogP contribution is -2.20. The summed E-state index contributed by atoms with van der Waals surface area (Å²) >= 11 is 0. The number of benzene rings is 1. The van der Waals surface area contributed by atoms with E-state index in [1.807, 2.05) is 6.07 Å². The van der Waals surface area contributed by atoms with Crippen LogP contribution in [0.15, 0.2) is 41.1 Å². The number of anilines is 1. The fourth-order valence-corrected chi connectivity index (χ4v) is 1.82. The van der Waals surface area contributed by atoms with Crippen molar-refractivity contribution in [3.05, 3.63) is 42.2 Å². The van der Waals surface area contributed by atoms with Gasteiger partial charge in [0.2, 0.25) is 0 Å². The Bertz CT molecular complexity index is 824. The third kappa shape index (κ3) is 5.68. The zero-order valence-corrected chi connectivity index (χ0v) is 13.8. The third-order valence-corrected chi connectivity index (χ3v) is 2.94. The van der Waals surface area contributed by atoms with Gasteiger partial charge in [-0.3, -0.25) is 4.79 Å². The molecule has 2 aromatic rings. The highest BCUT2D eigenvalue weighted by Crippen LogP contribution is 2.28. The summed E-state index contributed by atoms with van der Waals surface area (Å²) in [4.78, 5) is 23.2. The number of rotatable bonds is 8. The van der Waals surface area contributed by atoms with Crippen LogP contribution in [0.3, 0.4) is 0 Å². The Morgan fingerprint density at radius 2 is 2.19 bits per heavy atom. The lowest BCUT2D eigenvalue weighted by Gasteiger charge is -2.08. The number of amides is 1. The number of hydrogen-bond donors (Lipinski definition) is 1. The van der Waals surface area contributed by atoms with Gasteiger partial charge in [-0.2, -0.15) is 5.26 Å².